The van der Waals surface area contributed by atoms with Gasteiger partial charge in [0.2, 0.25) is 0 Å². The smallest absolute Gasteiger partial charge is 0.335 e. The number of benzene rings is 1. The number of carboxylic acid groups (broad SMARTS) is 1. The molecular weight excluding hydrogens is 336 g/mol. The van der Waals surface area contributed by atoms with Gasteiger partial charge in [0.05, 0.1) is 10.9 Å². The minimum atomic E-state index is -0.970. The Morgan fingerprint density at radius 2 is 2.00 bits per heavy atom. The Bertz CT molecular complexity index is 1000. The van der Waals surface area contributed by atoms with Gasteiger partial charge in [-0.1, -0.05) is 12.1 Å². The highest BCUT2D eigenvalue weighted by atomic mass is 32.1. The molecule has 0 atom stereocenters. The predicted molar refractivity (Wildman–Crippen MR) is 98.2 cm³/mol. The predicted octanol–water partition coefficient (Wildman–Crippen LogP) is 3.69. The van der Waals surface area contributed by atoms with Crippen molar-refractivity contribution in [2.24, 2.45) is 0 Å². The number of thiophene rings is 1. The molecule has 0 spiro atoms. The van der Waals surface area contributed by atoms with Crippen molar-refractivity contribution in [2.45, 2.75) is 13.8 Å². The molecule has 126 valence electrons. The number of rotatable bonds is 4. The van der Waals surface area contributed by atoms with Crippen LogP contribution in [-0.4, -0.2) is 34.6 Å². The molecular formula is C18H16N4O2S. The Labute approximate surface area is 149 Å². The third-order valence-electron chi connectivity index (χ3n) is 4.10. The highest BCUT2D eigenvalue weighted by Gasteiger charge is 2.19. The van der Waals surface area contributed by atoms with Crippen LogP contribution in [0.25, 0.3) is 21.6 Å². The van der Waals surface area contributed by atoms with Gasteiger partial charge < -0.3 is 10.0 Å². The van der Waals surface area contributed by atoms with Gasteiger partial charge in [-0.25, -0.2) is 14.8 Å². The van der Waals surface area contributed by atoms with E-state index in [1.54, 1.807) is 12.1 Å². The average Bonchev–Trinajstić information content (AvgIpc) is 2.96. The normalized spacial score (nSPS) is 10.6. The second kappa shape index (κ2) is 6.49. The Hall–Kier alpha value is -2.98. The van der Waals surface area contributed by atoms with Crippen LogP contribution in [0.5, 0.6) is 0 Å². The molecule has 3 aromatic rings. The summed E-state index contributed by atoms with van der Waals surface area (Å²) >= 11 is 1.35. The number of aromatic nitrogens is 2. The number of aromatic carboxylic acids is 1. The van der Waals surface area contributed by atoms with Gasteiger partial charge in [-0.3, -0.25) is 0 Å². The summed E-state index contributed by atoms with van der Waals surface area (Å²) in [5.74, 6) is 0.326. The summed E-state index contributed by atoms with van der Waals surface area (Å²) in [4.78, 5) is 23.7. The number of anilines is 1. The number of nitriles is 1. The molecule has 0 saturated carbocycles. The SMILES string of the molecule is CCN(C)c1nc(-c2ccc(C(=O)O)cc2)nc2sc(C#N)c(C)c12. The molecule has 1 aromatic carbocycles. The number of hydrogen-bond donors (Lipinski definition) is 1. The molecule has 2 aromatic heterocycles. The van der Waals surface area contributed by atoms with Crippen LogP contribution >= 0.6 is 11.3 Å². The van der Waals surface area contributed by atoms with E-state index >= 15 is 0 Å². The van der Waals surface area contributed by atoms with Gasteiger partial charge in [0, 0.05) is 19.2 Å². The molecule has 0 unspecified atom stereocenters. The molecule has 0 aliphatic heterocycles. The number of aryl methyl sites for hydroxylation is 1. The molecule has 7 heteroatoms. The summed E-state index contributed by atoms with van der Waals surface area (Å²) in [5.41, 5.74) is 1.85. The highest BCUT2D eigenvalue weighted by molar-refractivity contribution is 7.19. The monoisotopic (exact) mass is 352 g/mol. The van der Waals surface area contributed by atoms with Crippen LogP contribution in [0.15, 0.2) is 24.3 Å². The summed E-state index contributed by atoms with van der Waals surface area (Å²) in [7, 11) is 1.95. The van der Waals surface area contributed by atoms with Crippen LogP contribution in [0.4, 0.5) is 5.82 Å². The van der Waals surface area contributed by atoms with Crippen LogP contribution in [0.2, 0.25) is 0 Å². The first-order valence-electron chi connectivity index (χ1n) is 7.72. The largest absolute Gasteiger partial charge is 0.478 e. The van der Waals surface area contributed by atoms with Crippen molar-refractivity contribution in [2.75, 3.05) is 18.5 Å². The van der Waals surface area contributed by atoms with Crippen molar-refractivity contribution >= 4 is 33.3 Å². The first-order valence-corrected chi connectivity index (χ1v) is 8.54. The minimum absolute atomic E-state index is 0.217. The van der Waals surface area contributed by atoms with Gasteiger partial charge >= 0.3 is 5.97 Å². The Morgan fingerprint density at radius 1 is 1.32 bits per heavy atom. The fourth-order valence-corrected chi connectivity index (χ4v) is 3.51. The fraction of sp³-hybridized carbons (Fsp3) is 0.222. The van der Waals surface area contributed by atoms with E-state index in [9.17, 15) is 10.1 Å². The second-order valence-electron chi connectivity index (χ2n) is 5.62. The van der Waals surface area contributed by atoms with Crippen molar-refractivity contribution in [1.82, 2.24) is 9.97 Å². The number of carboxylic acids is 1. The minimum Gasteiger partial charge on any atom is -0.478 e. The number of fused-ring (bicyclic) bond motifs is 1. The molecule has 6 nitrogen and oxygen atoms in total. The van der Waals surface area contributed by atoms with Crippen molar-refractivity contribution in [3.63, 3.8) is 0 Å². The van der Waals surface area contributed by atoms with Gasteiger partial charge in [0.1, 0.15) is 21.6 Å². The highest BCUT2D eigenvalue weighted by Crippen LogP contribution is 2.36. The van der Waals surface area contributed by atoms with E-state index in [-0.39, 0.29) is 5.56 Å². The van der Waals surface area contributed by atoms with Gasteiger partial charge in [-0.2, -0.15) is 5.26 Å². The quantitative estimate of drug-likeness (QED) is 0.770. The van der Waals surface area contributed by atoms with Gasteiger partial charge in [0.25, 0.3) is 0 Å². The number of nitrogens with zero attached hydrogens (tertiary/aromatic N) is 4. The maximum Gasteiger partial charge on any atom is 0.335 e. The summed E-state index contributed by atoms with van der Waals surface area (Å²) < 4.78 is 0. The molecule has 2 heterocycles. The van der Waals surface area contributed by atoms with Crippen molar-refractivity contribution in [1.29, 1.82) is 5.26 Å². The van der Waals surface area contributed by atoms with Gasteiger partial charge in [0.15, 0.2) is 5.82 Å². The first-order chi connectivity index (χ1) is 12.0. The lowest BCUT2D eigenvalue weighted by Gasteiger charge is -2.18. The van der Waals surface area contributed by atoms with Crippen LogP contribution in [-0.2, 0) is 0 Å². The van der Waals surface area contributed by atoms with E-state index in [1.165, 1.54) is 23.5 Å². The topological polar surface area (TPSA) is 90.1 Å². The lowest BCUT2D eigenvalue weighted by Crippen LogP contribution is -2.18. The van der Waals surface area contributed by atoms with E-state index in [1.807, 2.05) is 25.8 Å². The third kappa shape index (κ3) is 2.92. The van der Waals surface area contributed by atoms with Gasteiger partial charge in [-0.15, -0.1) is 11.3 Å². The van der Waals surface area contributed by atoms with Crippen LogP contribution < -0.4 is 4.90 Å². The van der Waals surface area contributed by atoms with E-state index in [0.717, 1.165) is 33.7 Å². The standard InChI is InChI=1S/C18H16N4O2S/c1-4-22(3)16-14-10(2)13(9-19)25-17(14)21-15(20-16)11-5-7-12(8-6-11)18(23)24/h5-8H,4H2,1-3H3,(H,23,24). The molecule has 0 radical (unpaired) electrons. The molecule has 0 fully saturated rings. The lowest BCUT2D eigenvalue weighted by atomic mass is 10.1. The van der Waals surface area contributed by atoms with Crippen molar-refractivity contribution < 1.29 is 9.90 Å². The van der Waals surface area contributed by atoms with Crippen LogP contribution in [0, 0.1) is 18.3 Å². The van der Waals surface area contributed by atoms with E-state index in [2.05, 4.69) is 16.0 Å². The maximum atomic E-state index is 11.0. The zero-order chi connectivity index (χ0) is 18.1. The molecule has 0 aliphatic rings. The molecule has 0 saturated heterocycles. The van der Waals surface area contributed by atoms with Crippen molar-refractivity contribution in [3.8, 4) is 17.5 Å². The number of carbonyl (C=O) groups is 1. The van der Waals surface area contributed by atoms with Gasteiger partial charge in [-0.05, 0) is 31.5 Å². The summed E-state index contributed by atoms with van der Waals surface area (Å²) in [6.07, 6.45) is 0. The number of hydrogen-bond acceptors (Lipinski definition) is 6. The van der Waals surface area contributed by atoms with E-state index < -0.39 is 5.97 Å². The zero-order valence-electron chi connectivity index (χ0n) is 14.1. The van der Waals surface area contributed by atoms with E-state index in [0.29, 0.717) is 10.7 Å². The fourth-order valence-electron chi connectivity index (χ4n) is 2.54. The molecule has 0 aliphatic carbocycles. The molecule has 0 amide bonds. The molecule has 25 heavy (non-hydrogen) atoms. The summed E-state index contributed by atoms with van der Waals surface area (Å²) in [6, 6.07) is 8.69. The van der Waals surface area contributed by atoms with Crippen LogP contribution in [0.1, 0.15) is 27.7 Å². The lowest BCUT2D eigenvalue weighted by molar-refractivity contribution is 0.0697. The first kappa shape index (κ1) is 16.9. The maximum absolute atomic E-state index is 11.0. The Morgan fingerprint density at radius 3 is 2.56 bits per heavy atom. The molecule has 3 rings (SSSR count). The Balaban J connectivity index is 2.23. The van der Waals surface area contributed by atoms with Crippen molar-refractivity contribution in [3.05, 3.63) is 40.3 Å². The summed E-state index contributed by atoms with van der Waals surface area (Å²) in [5, 5.41) is 19.2. The van der Waals surface area contributed by atoms with Crippen LogP contribution in [0.3, 0.4) is 0 Å². The molecule has 0 bridgehead atoms. The zero-order valence-corrected chi connectivity index (χ0v) is 14.9. The Kier molecular flexibility index (Phi) is 4.38. The van der Waals surface area contributed by atoms with E-state index in [4.69, 9.17) is 5.11 Å². The third-order valence-corrected chi connectivity index (χ3v) is 5.19. The molecule has 1 N–H and O–H groups in total. The second-order valence-corrected chi connectivity index (χ2v) is 6.61. The summed E-state index contributed by atoms with van der Waals surface area (Å²) in [6.45, 7) is 4.71. The average molecular weight is 352 g/mol.